The summed E-state index contributed by atoms with van der Waals surface area (Å²) in [5, 5.41) is 3.30. The Labute approximate surface area is 98.9 Å². The van der Waals surface area contributed by atoms with Crippen LogP contribution in [0.5, 0.6) is 0 Å². The summed E-state index contributed by atoms with van der Waals surface area (Å²) in [6, 6.07) is 0. The summed E-state index contributed by atoms with van der Waals surface area (Å²) in [5.41, 5.74) is -0.215. The smallest absolute Gasteiger partial charge is 0.312 e. The average molecular weight is 227 g/mol. The van der Waals surface area contributed by atoms with E-state index in [-0.39, 0.29) is 17.5 Å². The number of carbonyl (C=O) groups excluding carboxylic acids is 1. The van der Waals surface area contributed by atoms with Crippen molar-refractivity contribution >= 4 is 5.97 Å². The SMILES string of the molecule is CCCC(C)OC(=O)C1(CC)CCNCC1. The van der Waals surface area contributed by atoms with Crippen LogP contribution in [0, 0.1) is 5.41 Å². The first-order valence-corrected chi connectivity index (χ1v) is 6.56. The van der Waals surface area contributed by atoms with Crippen LogP contribution in [-0.4, -0.2) is 25.2 Å². The Kier molecular flexibility index (Phi) is 5.26. The highest BCUT2D eigenvalue weighted by Gasteiger charge is 2.39. The van der Waals surface area contributed by atoms with Crippen LogP contribution in [0.2, 0.25) is 0 Å². The maximum Gasteiger partial charge on any atom is 0.312 e. The molecule has 0 amide bonds. The highest BCUT2D eigenvalue weighted by molar-refractivity contribution is 5.77. The number of esters is 1. The van der Waals surface area contributed by atoms with Crippen molar-refractivity contribution in [3.63, 3.8) is 0 Å². The molecule has 3 heteroatoms. The van der Waals surface area contributed by atoms with Gasteiger partial charge in [0.25, 0.3) is 0 Å². The minimum atomic E-state index is -0.215. The van der Waals surface area contributed by atoms with Crippen molar-refractivity contribution in [2.24, 2.45) is 5.41 Å². The second-order valence-electron chi connectivity index (χ2n) is 4.89. The van der Waals surface area contributed by atoms with Crippen LogP contribution in [0.3, 0.4) is 0 Å². The van der Waals surface area contributed by atoms with E-state index < -0.39 is 0 Å². The van der Waals surface area contributed by atoms with Crippen LogP contribution in [0.25, 0.3) is 0 Å². The highest BCUT2D eigenvalue weighted by Crippen LogP contribution is 2.34. The zero-order valence-corrected chi connectivity index (χ0v) is 10.8. The largest absolute Gasteiger partial charge is 0.462 e. The fraction of sp³-hybridized carbons (Fsp3) is 0.923. The first-order valence-electron chi connectivity index (χ1n) is 6.56. The Morgan fingerprint density at radius 3 is 2.50 bits per heavy atom. The van der Waals surface area contributed by atoms with Crippen LogP contribution < -0.4 is 5.32 Å². The number of carbonyl (C=O) groups is 1. The molecule has 1 heterocycles. The number of hydrogen-bond donors (Lipinski definition) is 1. The van der Waals surface area contributed by atoms with Crippen molar-refractivity contribution in [2.45, 2.75) is 59.0 Å². The van der Waals surface area contributed by atoms with Gasteiger partial charge in [0.1, 0.15) is 0 Å². The molecule has 0 saturated carbocycles. The summed E-state index contributed by atoms with van der Waals surface area (Å²) < 4.78 is 5.56. The number of ether oxygens (including phenoxy) is 1. The van der Waals surface area contributed by atoms with E-state index in [0.717, 1.165) is 45.2 Å². The number of rotatable bonds is 5. The summed E-state index contributed by atoms with van der Waals surface area (Å²) in [5.74, 6) is 0.0254. The maximum atomic E-state index is 12.2. The Morgan fingerprint density at radius 2 is 2.00 bits per heavy atom. The minimum Gasteiger partial charge on any atom is -0.462 e. The van der Waals surface area contributed by atoms with Crippen molar-refractivity contribution < 1.29 is 9.53 Å². The summed E-state index contributed by atoms with van der Waals surface area (Å²) in [6.45, 7) is 8.07. The van der Waals surface area contributed by atoms with Gasteiger partial charge >= 0.3 is 5.97 Å². The molecule has 0 aromatic rings. The van der Waals surface area contributed by atoms with Gasteiger partial charge in [-0.1, -0.05) is 20.3 Å². The van der Waals surface area contributed by atoms with Crippen molar-refractivity contribution in [2.75, 3.05) is 13.1 Å². The average Bonchev–Trinajstić information content (AvgIpc) is 2.30. The molecule has 0 aromatic carbocycles. The first-order chi connectivity index (χ1) is 7.64. The molecule has 1 aliphatic heterocycles. The molecule has 1 unspecified atom stereocenters. The van der Waals surface area contributed by atoms with Crippen LogP contribution in [0.1, 0.15) is 52.9 Å². The standard InChI is InChI=1S/C13H25NO2/c1-4-6-11(3)16-12(15)13(5-2)7-9-14-10-8-13/h11,14H,4-10H2,1-3H3. The van der Waals surface area contributed by atoms with Gasteiger partial charge in [0.2, 0.25) is 0 Å². The van der Waals surface area contributed by atoms with Crippen molar-refractivity contribution in [1.82, 2.24) is 5.32 Å². The molecule has 1 aliphatic rings. The molecule has 0 aromatic heterocycles. The minimum absolute atomic E-state index is 0.0254. The van der Waals surface area contributed by atoms with E-state index in [0.29, 0.717) is 0 Å². The third-order valence-electron chi connectivity index (χ3n) is 3.67. The van der Waals surface area contributed by atoms with Gasteiger partial charge in [-0.15, -0.1) is 0 Å². The van der Waals surface area contributed by atoms with Gasteiger partial charge in [0.15, 0.2) is 0 Å². The molecule has 1 N–H and O–H groups in total. The van der Waals surface area contributed by atoms with E-state index >= 15 is 0 Å². The van der Waals surface area contributed by atoms with E-state index in [2.05, 4.69) is 19.2 Å². The molecular formula is C13H25NO2. The number of hydrogen-bond acceptors (Lipinski definition) is 3. The van der Waals surface area contributed by atoms with E-state index in [9.17, 15) is 4.79 Å². The summed E-state index contributed by atoms with van der Waals surface area (Å²) in [6.07, 6.45) is 4.82. The van der Waals surface area contributed by atoms with Gasteiger partial charge in [-0.2, -0.15) is 0 Å². The normalized spacial score (nSPS) is 21.4. The lowest BCUT2D eigenvalue weighted by molar-refractivity contribution is -0.163. The van der Waals surface area contributed by atoms with E-state index in [1.165, 1.54) is 0 Å². The fourth-order valence-electron chi connectivity index (χ4n) is 2.38. The summed E-state index contributed by atoms with van der Waals surface area (Å²) in [7, 11) is 0. The predicted molar refractivity (Wildman–Crippen MR) is 65.3 cm³/mol. The van der Waals surface area contributed by atoms with Crippen LogP contribution >= 0.6 is 0 Å². The monoisotopic (exact) mass is 227 g/mol. The van der Waals surface area contributed by atoms with Gasteiger partial charge < -0.3 is 10.1 Å². The Hall–Kier alpha value is -0.570. The van der Waals surface area contributed by atoms with Crippen LogP contribution in [0.4, 0.5) is 0 Å². The second-order valence-corrected chi connectivity index (χ2v) is 4.89. The molecule has 1 atom stereocenters. The number of piperidine rings is 1. The molecule has 1 saturated heterocycles. The van der Waals surface area contributed by atoms with E-state index in [1.54, 1.807) is 0 Å². The molecular weight excluding hydrogens is 202 g/mol. The van der Waals surface area contributed by atoms with Gasteiger partial charge in [-0.3, -0.25) is 4.79 Å². The lowest BCUT2D eigenvalue weighted by Crippen LogP contribution is -2.43. The molecule has 1 rings (SSSR count). The third-order valence-corrected chi connectivity index (χ3v) is 3.67. The van der Waals surface area contributed by atoms with Crippen molar-refractivity contribution in [1.29, 1.82) is 0 Å². The molecule has 0 bridgehead atoms. The summed E-state index contributed by atoms with van der Waals surface area (Å²) >= 11 is 0. The Morgan fingerprint density at radius 1 is 1.38 bits per heavy atom. The van der Waals surface area contributed by atoms with Crippen molar-refractivity contribution in [3.05, 3.63) is 0 Å². The van der Waals surface area contributed by atoms with Gasteiger partial charge in [0.05, 0.1) is 11.5 Å². The molecule has 94 valence electrons. The summed E-state index contributed by atoms with van der Waals surface area (Å²) in [4.78, 5) is 12.2. The van der Waals surface area contributed by atoms with Crippen LogP contribution in [0.15, 0.2) is 0 Å². The lowest BCUT2D eigenvalue weighted by Gasteiger charge is -2.35. The quantitative estimate of drug-likeness (QED) is 0.733. The Balaban J connectivity index is 2.54. The highest BCUT2D eigenvalue weighted by atomic mass is 16.5. The third kappa shape index (κ3) is 3.21. The molecule has 3 nitrogen and oxygen atoms in total. The Bertz CT molecular complexity index is 222. The predicted octanol–water partition coefficient (Wildman–Crippen LogP) is 2.50. The zero-order chi connectivity index (χ0) is 12.0. The van der Waals surface area contributed by atoms with Crippen molar-refractivity contribution in [3.8, 4) is 0 Å². The van der Waals surface area contributed by atoms with E-state index in [1.807, 2.05) is 6.92 Å². The second kappa shape index (κ2) is 6.24. The topological polar surface area (TPSA) is 38.3 Å². The molecule has 0 aliphatic carbocycles. The zero-order valence-electron chi connectivity index (χ0n) is 10.8. The molecule has 1 fully saturated rings. The maximum absolute atomic E-state index is 12.2. The fourth-order valence-corrected chi connectivity index (χ4v) is 2.38. The first kappa shape index (κ1) is 13.5. The molecule has 16 heavy (non-hydrogen) atoms. The van der Waals surface area contributed by atoms with Gasteiger partial charge in [-0.25, -0.2) is 0 Å². The number of nitrogens with one attached hydrogen (secondary N) is 1. The van der Waals surface area contributed by atoms with E-state index in [4.69, 9.17) is 4.74 Å². The van der Waals surface area contributed by atoms with Crippen LogP contribution in [-0.2, 0) is 9.53 Å². The lowest BCUT2D eigenvalue weighted by atomic mass is 9.77. The molecule has 0 radical (unpaired) electrons. The molecule has 0 spiro atoms. The van der Waals surface area contributed by atoms with Gasteiger partial charge in [0, 0.05) is 0 Å². The van der Waals surface area contributed by atoms with Gasteiger partial charge in [-0.05, 0) is 45.7 Å².